The van der Waals surface area contributed by atoms with E-state index >= 15 is 0 Å². The molecular weight excluding hydrogens is 297 g/mol. The van der Waals surface area contributed by atoms with Gasteiger partial charge in [-0.2, -0.15) is 5.10 Å². The van der Waals surface area contributed by atoms with Gasteiger partial charge in [-0.25, -0.2) is 4.98 Å². The summed E-state index contributed by atoms with van der Waals surface area (Å²) >= 11 is 12.2. The highest BCUT2D eigenvalue weighted by molar-refractivity contribution is 6.33. The van der Waals surface area contributed by atoms with E-state index in [1.54, 1.807) is 18.5 Å². The number of aryl methyl sites for hydroxylation is 1. The van der Waals surface area contributed by atoms with Crippen molar-refractivity contribution in [2.45, 2.75) is 32.4 Å². The van der Waals surface area contributed by atoms with Gasteiger partial charge >= 0.3 is 0 Å². The van der Waals surface area contributed by atoms with Crippen LogP contribution in [0.15, 0.2) is 24.5 Å². The summed E-state index contributed by atoms with van der Waals surface area (Å²) in [5.74, 6) is 6.52. The van der Waals surface area contributed by atoms with Gasteiger partial charge in [-0.05, 0) is 30.2 Å². The van der Waals surface area contributed by atoms with E-state index in [0.29, 0.717) is 16.5 Å². The average molecular weight is 314 g/mol. The molecule has 0 spiro atoms. The molecular formula is C13H17Cl2N5. The molecule has 0 bridgehead atoms. The van der Waals surface area contributed by atoms with E-state index < -0.39 is 0 Å². The zero-order valence-corrected chi connectivity index (χ0v) is 12.7. The molecule has 1 unspecified atom stereocenters. The molecule has 108 valence electrons. The van der Waals surface area contributed by atoms with Crippen molar-refractivity contribution in [2.75, 3.05) is 0 Å². The minimum atomic E-state index is -0.166. The summed E-state index contributed by atoms with van der Waals surface area (Å²) in [6, 6.07) is 5.16. The first-order valence-electron chi connectivity index (χ1n) is 6.43. The van der Waals surface area contributed by atoms with Crippen LogP contribution in [0.5, 0.6) is 0 Å². The number of nitrogens with zero attached hydrogens (tertiary/aromatic N) is 3. The highest BCUT2D eigenvalue weighted by Crippen LogP contribution is 2.27. The normalized spacial score (nSPS) is 12.6. The first kappa shape index (κ1) is 15.3. The molecule has 0 aliphatic carbocycles. The fourth-order valence-electron chi connectivity index (χ4n) is 2.07. The number of nitrogens with two attached hydrogens (primary N) is 1. The Balaban J connectivity index is 2.24. The van der Waals surface area contributed by atoms with Crippen molar-refractivity contribution in [3.63, 3.8) is 0 Å². The third-order valence-corrected chi connectivity index (χ3v) is 3.63. The van der Waals surface area contributed by atoms with Gasteiger partial charge in [0.05, 0.1) is 6.04 Å². The second-order valence-corrected chi connectivity index (χ2v) is 5.33. The molecule has 20 heavy (non-hydrogen) atoms. The van der Waals surface area contributed by atoms with Crippen LogP contribution >= 0.6 is 23.2 Å². The number of rotatable bonds is 6. The third kappa shape index (κ3) is 3.49. The van der Waals surface area contributed by atoms with Crippen LogP contribution in [-0.4, -0.2) is 14.8 Å². The monoisotopic (exact) mass is 313 g/mol. The number of nitrogens with one attached hydrogen (secondary N) is 1. The standard InChI is InChI=1S/C13H17Cl2N5/c1-2-5-20-13(17-8-18-20)7-12(19-16)10-6-9(14)3-4-11(10)15/h3-4,6,8,12,19H,2,5,7,16H2,1H3. The van der Waals surface area contributed by atoms with Crippen LogP contribution in [0.4, 0.5) is 0 Å². The van der Waals surface area contributed by atoms with Crippen LogP contribution in [0.3, 0.4) is 0 Å². The predicted octanol–water partition coefficient (Wildman–Crippen LogP) is 2.74. The Morgan fingerprint density at radius 3 is 2.90 bits per heavy atom. The molecule has 0 aliphatic rings. The van der Waals surface area contributed by atoms with Gasteiger partial charge < -0.3 is 0 Å². The lowest BCUT2D eigenvalue weighted by Crippen LogP contribution is -2.30. The van der Waals surface area contributed by atoms with Crippen molar-refractivity contribution in [3.05, 3.63) is 46.0 Å². The molecule has 0 aliphatic heterocycles. The number of hydrogen-bond donors (Lipinski definition) is 2. The van der Waals surface area contributed by atoms with Crippen molar-refractivity contribution in [1.29, 1.82) is 0 Å². The Morgan fingerprint density at radius 2 is 2.20 bits per heavy atom. The molecule has 0 fully saturated rings. The van der Waals surface area contributed by atoms with E-state index in [-0.39, 0.29) is 6.04 Å². The molecule has 2 rings (SSSR count). The summed E-state index contributed by atoms with van der Waals surface area (Å²) in [6.45, 7) is 2.92. The van der Waals surface area contributed by atoms with Crippen LogP contribution in [0, 0.1) is 0 Å². The van der Waals surface area contributed by atoms with E-state index in [1.807, 2.05) is 10.7 Å². The Morgan fingerprint density at radius 1 is 1.40 bits per heavy atom. The summed E-state index contributed by atoms with van der Waals surface area (Å²) in [5, 5.41) is 5.45. The number of halogens is 2. The maximum absolute atomic E-state index is 6.21. The highest BCUT2D eigenvalue weighted by atomic mass is 35.5. The molecule has 7 heteroatoms. The molecule has 5 nitrogen and oxygen atoms in total. The molecule has 0 saturated carbocycles. The minimum absolute atomic E-state index is 0.166. The lowest BCUT2D eigenvalue weighted by atomic mass is 10.0. The highest BCUT2D eigenvalue weighted by Gasteiger charge is 2.17. The van der Waals surface area contributed by atoms with Crippen LogP contribution in [0.25, 0.3) is 0 Å². The molecule has 0 radical (unpaired) electrons. The Hall–Kier alpha value is -1.14. The van der Waals surface area contributed by atoms with Gasteiger partial charge in [0.1, 0.15) is 12.2 Å². The van der Waals surface area contributed by atoms with E-state index in [1.165, 1.54) is 0 Å². The number of hydrazine groups is 1. The third-order valence-electron chi connectivity index (χ3n) is 3.05. The smallest absolute Gasteiger partial charge is 0.138 e. The van der Waals surface area contributed by atoms with Crippen molar-refractivity contribution in [1.82, 2.24) is 20.2 Å². The van der Waals surface area contributed by atoms with Crippen molar-refractivity contribution in [3.8, 4) is 0 Å². The minimum Gasteiger partial charge on any atom is -0.271 e. The zero-order valence-electron chi connectivity index (χ0n) is 11.2. The van der Waals surface area contributed by atoms with E-state index in [4.69, 9.17) is 29.0 Å². The molecule has 3 N–H and O–H groups in total. The summed E-state index contributed by atoms with van der Waals surface area (Å²) in [6.07, 6.45) is 3.14. The second-order valence-electron chi connectivity index (χ2n) is 4.49. The van der Waals surface area contributed by atoms with Gasteiger partial charge in [0, 0.05) is 23.0 Å². The lowest BCUT2D eigenvalue weighted by molar-refractivity contribution is 0.499. The Labute approximate surface area is 128 Å². The van der Waals surface area contributed by atoms with Gasteiger partial charge in [-0.1, -0.05) is 30.1 Å². The molecule has 1 atom stereocenters. The average Bonchev–Trinajstić information content (AvgIpc) is 2.87. The maximum Gasteiger partial charge on any atom is 0.138 e. The lowest BCUT2D eigenvalue weighted by Gasteiger charge is -2.18. The Kier molecular flexibility index (Phi) is 5.37. The van der Waals surface area contributed by atoms with Gasteiger partial charge in [0.25, 0.3) is 0 Å². The zero-order chi connectivity index (χ0) is 14.5. The SMILES string of the molecule is CCCn1ncnc1CC(NN)c1cc(Cl)ccc1Cl. The summed E-state index contributed by atoms with van der Waals surface area (Å²) in [4.78, 5) is 4.28. The van der Waals surface area contributed by atoms with Crippen LogP contribution in [0.1, 0.15) is 30.8 Å². The largest absolute Gasteiger partial charge is 0.271 e. The van der Waals surface area contributed by atoms with E-state index in [9.17, 15) is 0 Å². The molecule has 1 aromatic heterocycles. The first-order chi connectivity index (χ1) is 9.65. The Bertz CT molecular complexity index is 570. The van der Waals surface area contributed by atoms with Crippen LogP contribution < -0.4 is 11.3 Å². The topological polar surface area (TPSA) is 68.8 Å². The molecule has 0 amide bonds. The fraction of sp³-hybridized carbons (Fsp3) is 0.385. The van der Waals surface area contributed by atoms with Gasteiger partial charge in [0.2, 0.25) is 0 Å². The van der Waals surface area contributed by atoms with Crippen molar-refractivity contribution >= 4 is 23.2 Å². The van der Waals surface area contributed by atoms with Gasteiger partial charge in [-0.15, -0.1) is 0 Å². The maximum atomic E-state index is 6.21. The number of aromatic nitrogens is 3. The van der Waals surface area contributed by atoms with Gasteiger partial charge in [0.15, 0.2) is 0 Å². The van der Waals surface area contributed by atoms with E-state index in [2.05, 4.69) is 22.4 Å². The van der Waals surface area contributed by atoms with Crippen molar-refractivity contribution in [2.24, 2.45) is 5.84 Å². The van der Waals surface area contributed by atoms with Gasteiger partial charge in [-0.3, -0.25) is 16.0 Å². The molecule has 0 saturated heterocycles. The summed E-state index contributed by atoms with van der Waals surface area (Å²) in [5.41, 5.74) is 3.62. The summed E-state index contributed by atoms with van der Waals surface area (Å²) in [7, 11) is 0. The number of benzene rings is 1. The van der Waals surface area contributed by atoms with E-state index in [0.717, 1.165) is 24.4 Å². The fourth-order valence-corrected chi connectivity index (χ4v) is 2.50. The molecule has 2 aromatic rings. The number of hydrogen-bond acceptors (Lipinski definition) is 4. The van der Waals surface area contributed by atoms with Crippen LogP contribution in [-0.2, 0) is 13.0 Å². The summed E-state index contributed by atoms with van der Waals surface area (Å²) < 4.78 is 1.88. The van der Waals surface area contributed by atoms with Crippen LogP contribution in [0.2, 0.25) is 10.0 Å². The predicted molar refractivity (Wildman–Crippen MR) is 80.5 cm³/mol. The first-order valence-corrected chi connectivity index (χ1v) is 7.19. The second kappa shape index (κ2) is 7.04. The van der Waals surface area contributed by atoms with Crippen molar-refractivity contribution < 1.29 is 0 Å². The molecule has 1 aromatic carbocycles. The quantitative estimate of drug-likeness (QED) is 0.635. The molecule has 1 heterocycles.